The number of rotatable bonds is 3. The molecule has 0 amide bonds. The van der Waals surface area contributed by atoms with E-state index in [2.05, 4.69) is 23.7 Å². The predicted molar refractivity (Wildman–Crippen MR) is 88.7 cm³/mol. The number of fused-ring (bicyclic) bond motifs is 1. The number of hydrogen-bond acceptors (Lipinski definition) is 5. The van der Waals surface area contributed by atoms with E-state index in [1.54, 1.807) is 23.5 Å². The summed E-state index contributed by atoms with van der Waals surface area (Å²) in [4.78, 5) is 10.8. The van der Waals surface area contributed by atoms with Gasteiger partial charge in [-0.05, 0) is 35.6 Å². The molecule has 0 saturated heterocycles. The molecule has 1 unspecified atom stereocenters. The van der Waals surface area contributed by atoms with E-state index in [4.69, 9.17) is 11.6 Å². The van der Waals surface area contributed by atoms with Gasteiger partial charge in [0.2, 0.25) is 0 Å². The van der Waals surface area contributed by atoms with Crippen LogP contribution in [0, 0.1) is 10.1 Å². The Morgan fingerprint density at radius 1 is 1.43 bits per heavy atom. The van der Waals surface area contributed by atoms with Crippen molar-refractivity contribution < 1.29 is 4.92 Å². The average Bonchev–Trinajstić information content (AvgIpc) is 2.88. The summed E-state index contributed by atoms with van der Waals surface area (Å²) in [6.07, 6.45) is 0.939. The minimum absolute atomic E-state index is 0.0187. The van der Waals surface area contributed by atoms with Crippen LogP contribution in [0.2, 0.25) is 5.02 Å². The van der Waals surface area contributed by atoms with Gasteiger partial charge < -0.3 is 5.32 Å². The second kappa shape index (κ2) is 5.87. The molecule has 21 heavy (non-hydrogen) atoms. The van der Waals surface area contributed by atoms with E-state index in [0.717, 1.165) is 6.42 Å². The van der Waals surface area contributed by atoms with Crippen molar-refractivity contribution in [1.82, 2.24) is 0 Å². The highest BCUT2D eigenvalue weighted by molar-refractivity contribution is 8.01. The van der Waals surface area contributed by atoms with Crippen molar-refractivity contribution in [2.75, 3.05) is 5.32 Å². The van der Waals surface area contributed by atoms with E-state index in [1.807, 2.05) is 11.8 Å². The molecule has 7 heteroatoms. The summed E-state index contributed by atoms with van der Waals surface area (Å²) < 4.78 is 1.29. The Morgan fingerprint density at radius 2 is 2.24 bits per heavy atom. The molecule has 0 saturated carbocycles. The number of thiophene rings is 1. The second-order valence-electron chi connectivity index (χ2n) is 4.94. The minimum atomic E-state index is -0.399. The zero-order valence-electron chi connectivity index (χ0n) is 11.2. The van der Waals surface area contributed by atoms with Crippen LogP contribution in [0.15, 0.2) is 33.9 Å². The first-order chi connectivity index (χ1) is 10.0. The molecular weight excluding hydrogens is 328 g/mol. The maximum atomic E-state index is 11.2. The summed E-state index contributed by atoms with van der Waals surface area (Å²) >= 11 is 9.45. The number of nitrogens with one attached hydrogen (secondary N) is 1. The van der Waals surface area contributed by atoms with Crippen molar-refractivity contribution in [1.29, 1.82) is 0 Å². The maximum Gasteiger partial charge on any atom is 0.293 e. The molecule has 1 aromatic carbocycles. The molecule has 0 radical (unpaired) electrons. The molecule has 2 atom stereocenters. The van der Waals surface area contributed by atoms with Gasteiger partial charge in [0.05, 0.1) is 15.2 Å². The summed E-state index contributed by atoms with van der Waals surface area (Å²) in [5.41, 5.74) is 1.77. The summed E-state index contributed by atoms with van der Waals surface area (Å²) in [5, 5.41) is 17.4. The largest absolute Gasteiger partial charge is 0.373 e. The molecule has 1 N–H and O–H groups in total. The van der Waals surface area contributed by atoms with E-state index >= 15 is 0 Å². The average molecular weight is 341 g/mol. The van der Waals surface area contributed by atoms with Crippen LogP contribution in [0.4, 0.5) is 11.4 Å². The van der Waals surface area contributed by atoms with Gasteiger partial charge in [0.1, 0.15) is 5.69 Å². The van der Waals surface area contributed by atoms with Gasteiger partial charge in [-0.25, -0.2) is 0 Å². The number of hydrogen-bond donors (Lipinski definition) is 1. The molecule has 2 heterocycles. The lowest BCUT2D eigenvalue weighted by Crippen LogP contribution is -2.19. The Balaban J connectivity index is 1.93. The Morgan fingerprint density at radius 3 is 3.00 bits per heavy atom. The first kappa shape index (κ1) is 14.7. The highest BCUT2D eigenvalue weighted by Crippen LogP contribution is 2.45. The van der Waals surface area contributed by atoms with Gasteiger partial charge in [-0.2, -0.15) is 0 Å². The minimum Gasteiger partial charge on any atom is -0.373 e. The molecular formula is C14H13ClN2O2S2. The van der Waals surface area contributed by atoms with E-state index in [1.165, 1.54) is 15.8 Å². The zero-order valence-corrected chi connectivity index (χ0v) is 13.6. The Hall–Kier alpha value is -1.24. The topological polar surface area (TPSA) is 55.2 Å². The van der Waals surface area contributed by atoms with Crippen LogP contribution in [0.5, 0.6) is 0 Å². The maximum absolute atomic E-state index is 11.2. The summed E-state index contributed by atoms with van der Waals surface area (Å²) in [5.74, 6) is 0. The van der Waals surface area contributed by atoms with E-state index in [0.29, 0.717) is 16.0 Å². The molecule has 1 aromatic heterocycles. The Labute approximate surface area is 135 Å². The van der Waals surface area contributed by atoms with Crippen molar-refractivity contribution in [3.63, 3.8) is 0 Å². The van der Waals surface area contributed by atoms with Crippen molar-refractivity contribution in [3.8, 4) is 0 Å². The van der Waals surface area contributed by atoms with Gasteiger partial charge in [-0.1, -0.05) is 18.5 Å². The number of thioether (sulfide) groups is 1. The van der Waals surface area contributed by atoms with Crippen molar-refractivity contribution >= 4 is 46.1 Å². The first-order valence-corrected chi connectivity index (χ1v) is 8.63. The molecule has 0 bridgehead atoms. The third-order valence-electron chi connectivity index (χ3n) is 3.40. The highest BCUT2D eigenvalue weighted by Gasteiger charge is 2.28. The van der Waals surface area contributed by atoms with Crippen LogP contribution < -0.4 is 5.32 Å². The Bertz CT molecular complexity index is 689. The number of nitro benzene ring substituents is 1. The van der Waals surface area contributed by atoms with Gasteiger partial charge in [-0.3, -0.25) is 10.1 Å². The van der Waals surface area contributed by atoms with Gasteiger partial charge in [0.25, 0.3) is 5.69 Å². The fourth-order valence-electron chi connectivity index (χ4n) is 2.45. The van der Waals surface area contributed by atoms with Gasteiger partial charge in [-0.15, -0.1) is 23.1 Å². The zero-order chi connectivity index (χ0) is 15.0. The van der Waals surface area contributed by atoms with E-state index < -0.39 is 4.92 Å². The lowest BCUT2D eigenvalue weighted by atomic mass is 10.0. The predicted octanol–water partition coefficient (Wildman–Crippen LogP) is 5.35. The molecule has 110 valence electrons. The molecule has 1 aliphatic heterocycles. The SMILES string of the molecule is C[C@H]1CC(Nc2ccc(Cl)cc2[N+](=O)[O-])c2ccsc2S1. The summed E-state index contributed by atoms with van der Waals surface area (Å²) in [7, 11) is 0. The third kappa shape index (κ3) is 3.02. The fraction of sp³-hybridized carbons (Fsp3) is 0.286. The number of halogens is 1. The normalized spacial score (nSPS) is 20.9. The van der Waals surface area contributed by atoms with Crippen LogP contribution in [0.1, 0.15) is 24.9 Å². The van der Waals surface area contributed by atoms with Crippen molar-refractivity contribution in [2.24, 2.45) is 0 Å². The summed E-state index contributed by atoms with van der Waals surface area (Å²) in [6.45, 7) is 2.18. The van der Waals surface area contributed by atoms with E-state index in [9.17, 15) is 10.1 Å². The fourth-order valence-corrected chi connectivity index (χ4v) is 5.18. The summed E-state index contributed by atoms with van der Waals surface area (Å²) in [6, 6.07) is 6.94. The molecule has 3 rings (SSSR count). The first-order valence-electron chi connectivity index (χ1n) is 6.49. The second-order valence-corrected chi connectivity index (χ2v) is 8.00. The van der Waals surface area contributed by atoms with Crippen LogP contribution in [0.3, 0.4) is 0 Å². The number of nitrogens with zero attached hydrogens (tertiary/aromatic N) is 1. The van der Waals surface area contributed by atoms with Gasteiger partial charge in [0, 0.05) is 16.3 Å². The Kier molecular flexibility index (Phi) is 4.10. The number of benzene rings is 1. The monoisotopic (exact) mass is 340 g/mol. The quantitative estimate of drug-likeness (QED) is 0.604. The molecule has 1 aliphatic rings. The van der Waals surface area contributed by atoms with E-state index in [-0.39, 0.29) is 11.7 Å². The number of anilines is 1. The van der Waals surface area contributed by atoms with Gasteiger partial charge >= 0.3 is 0 Å². The smallest absolute Gasteiger partial charge is 0.293 e. The molecule has 0 aliphatic carbocycles. The van der Waals surface area contributed by atoms with Gasteiger partial charge in [0.15, 0.2) is 0 Å². The van der Waals surface area contributed by atoms with Crippen molar-refractivity contribution in [2.45, 2.75) is 28.8 Å². The number of nitro groups is 1. The molecule has 2 aromatic rings. The lowest BCUT2D eigenvalue weighted by Gasteiger charge is -2.28. The standard InChI is InChI=1S/C14H13ClN2O2S2/c1-8-6-12(10-4-5-20-14(10)21-8)16-11-3-2-9(15)7-13(11)17(18)19/h2-5,7-8,12,16H,6H2,1H3/t8-,12?/m0/s1. The third-order valence-corrected chi connectivity index (χ3v) is 5.97. The van der Waals surface area contributed by atoms with Crippen molar-refractivity contribution in [3.05, 3.63) is 50.3 Å². The molecule has 0 fully saturated rings. The molecule has 0 spiro atoms. The van der Waals surface area contributed by atoms with Crippen LogP contribution >= 0.6 is 34.7 Å². The highest BCUT2D eigenvalue weighted by atomic mass is 35.5. The van der Waals surface area contributed by atoms with Crippen LogP contribution in [0.25, 0.3) is 0 Å². The molecule has 4 nitrogen and oxygen atoms in total. The van der Waals surface area contributed by atoms with Crippen LogP contribution in [-0.2, 0) is 0 Å². The lowest BCUT2D eigenvalue weighted by molar-refractivity contribution is -0.384. The van der Waals surface area contributed by atoms with Crippen LogP contribution in [-0.4, -0.2) is 10.2 Å².